The molecule has 0 radical (unpaired) electrons. The van der Waals surface area contributed by atoms with E-state index in [-0.39, 0.29) is 42.8 Å². The van der Waals surface area contributed by atoms with E-state index in [1.807, 2.05) is 0 Å². The van der Waals surface area contributed by atoms with E-state index in [2.05, 4.69) is 4.98 Å². The summed E-state index contributed by atoms with van der Waals surface area (Å²) in [7, 11) is 2.96. The molecule has 0 atom stereocenters. The summed E-state index contributed by atoms with van der Waals surface area (Å²) < 4.78 is 10.2. The third-order valence-corrected chi connectivity index (χ3v) is 4.01. The molecule has 1 aliphatic carbocycles. The van der Waals surface area contributed by atoms with Crippen molar-refractivity contribution in [2.75, 3.05) is 19.1 Å². The van der Waals surface area contributed by atoms with E-state index in [4.69, 9.17) is 9.47 Å². The van der Waals surface area contributed by atoms with Crippen LogP contribution in [0.3, 0.4) is 0 Å². The summed E-state index contributed by atoms with van der Waals surface area (Å²) in [4.78, 5) is 17.0. The first-order chi connectivity index (χ1) is 9.50. The number of amides is 1. The molecule has 21 heavy (non-hydrogen) atoms. The molecule has 1 fully saturated rings. The van der Waals surface area contributed by atoms with Gasteiger partial charge in [0, 0.05) is 38.7 Å². The first-order valence-corrected chi connectivity index (χ1v) is 6.31. The standard InChI is InChI=1S/C13H16N2O5.Na.H/c1-19-11(20-2)9-4-3-8-10(14-9)15(12(16)17)7-5-13(8,18)6-7;;/h3-4,7,11,18H,5-6H2,1-2H3,(H,16,17);;/q;+1;-1. The van der Waals surface area contributed by atoms with Crippen LogP contribution < -0.4 is 34.5 Å². The van der Waals surface area contributed by atoms with Gasteiger partial charge in [-0.3, -0.25) is 4.90 Å². The average Bonchev–Trinajstić information content (AvgIpc) is 2.38. The molecule has 3 heterocycles. The van der Waals surface area contributed by atoms with Gasteiger partial charge in [-0.05, 0) is 6.07 Å². The zero-order valence-corrected chi connectivity index (χ0v) is 14.2. The molecule has 2 aliphatic heterocycles. The van der Waals surface area contributed by atoms with Gasteiger partial charge in [0.2, 0.25) is 6.29 Å². The number of aliphatic hydroxyl groups is 1. The van der Waals surface area contributed by atoms with Crippen molar-refractivity contribution in [1.29, 1.82) is 0 Å². The number of methoxy groups -OCH3 is 2. The molecule has 2 N–H and O–H groups in total. The predicted octanol–water partition coefficient (Wildman–Crippen LogP) is -1.66. The SMILES string of the molecule is COC(OC)c1ccc2c(n1)N(C(=O)O)C1CC2(O)C1.[H-].[Na+]. The Morgan fingerprint density at radius 3 is 2.62 bits per heavy atom. The number of anilines is 1. The van der Waals surface area contributed by atoms with E-state index >= 15 is 0 Å². The third-order valence-electron chi connectivity index (χ3n) is 4.01. The molecule has 0 saturated heterocycles. The van der Waals surface area contributed by atoms with Crippen LogP contribution in [-0.2, 0) is 15.1 Å². The molecule has 2 bridgehead atoms. The summed E-state index contributed by atoms with van der Waals surface area (Å²) in [5.41, 5.74) is 0.0784. The van der Waals surface area contributed by atoms with Gasteiger partial charge in [0.15, 0.2) is 0 Å². The molecule has 0 unspecified atom stereocenters. The maximum absolute atomic E-state index is 11.4. The van der Waals surface area contributed by atoms with Crippen molar-refractivity contribution in [3.8, 4) is 0 Å². The van der Waals surface area contributed by atoms with Gasteiger partial charge in [0.05, 0.1) is 11.3 Å². The number of aromatic nitrogens is 1. The first-order valence-electron chi connectivity index (χ1n) is 6.31. The van der Waals surface area contributed by atoms with Crippen LogP contribution in [0, 0.1) is 0 Å². The summed E-state index contributed by atoms with van der Waals surface area (Å²) in [6.45, 7) is 0. The predicted molar refractivity (Wildman–Crippen MR) is 69.5 cm³/mol. The van der Waals surface area contributed by atoms with Gasteiger partial charge >= 0.3 is 35.7 Å². The quantitative estimate of drug-likeness (QED) is 0.513. The molecular formula is C13H17N2NaO5. The van der Waals surface area contributed by atoms with Gasteiger partial charge in [-0.25, -0.2) is 9.78 Å². The van der Waals surface area contributed by atoms with Crippen molar-refractivity contribution in [3.63, 3.8) is 0 Å². The molecule has 110 valence electrons. The number of carboxylic acid groups (broad SMARTS) is 1. The molecule has 4 rings (SSSR count). The van der Waals surface area contributed by atoms with E-state index in [1.165, 1.54) is 19.1 Å². The molecular weight excluding hydrogens is 287 g/mol. The van der Waals surface area contributed by atoms with Gasteiger partial charge < -0.3 is 21.1 Å². The van der Waals surface area contributed by atoms with Crippen molar-refractivity contribution in [2.45, 2.75) is 30.8 Å². The summed E-state index contributed by atoms with van der Waals surface area (Å²) in [5.74, 6) is 0.277. The zero-order valence-electron chi connectivity index (χ0n) is 13.2. The second-order valence-electron chi connectivity index (χ2n) is 5.16. The Labute approximate surface area is 145 Å². The number of carbonyl (C=O) groups is 1. The Morgan fingerprint density at radius 2 is 2.10 bits per heavy atom. The Kier molecular flexibility index (Phi) is 4.63. The molecule has 0 spiro atoms. The summed E-state index contributed by atoms with van der Waals surface area (Å²) in [6, 6.07) is 3.18. The van der Waals surface area contributed by atoms with E-state index in [1.54, 1.807) is 12.1 Å². The second-order valence-corrected chi connectivity index (χ2v) is 5.16. The van der Waals surface area contributed by atoms with Crippen LogP contribution in [0.5, 0.6) is 0 Å². The van der Waals surface area contributed by atoms with Crippen molar-refractivity contribution < 1.29 is 55.5 Å². The van der Waals surface area contributed by atoms with E-state index in [0.29, 0.717) is 24.1 Å². The number of rotatable bonds is 3. The van der Waals surface area contributed by atoms with E-state index in [9.17, 15) is 15.0 Å². The van der Waals surface area contributed by atoms with Gasteiger partial charge in [0.25, 0.3) is 0 Å². The average molecular weight is 304 g/mol. The van der Waals surface area contributed by atoms with Crippen molar-refractivity contribution in [3.05, 3.63) is 23.4 Å². The maximum Gasteiger partial charge on any atom is 1.00 e. The number of nitrogens with zero attached hydrogens (tertiary/aromatic N) is 2. The maximum atomic E-state index is 11.4. The normalized spacial score (nSPS) is 25.9. The molecule has 7 nitrogen and oxygen atoms in total. The van der Waals surface area contributed by atoms with Crippen LogP contribution in [0.1, 0.15) is 31.8 Å². The van der Waals surface area contributed by atoms with Gasteiger partial charge in [-0.2, -0.15) is 0 Å². The Morgan fingerprint density at radius 1 is 1.48 bits per heavy atom. The number of ether oxygens (including phenoxy) is 2. The Bertz CT molecular complexity index is 563. The molecule has 1 saturated carbocycles. The Balaban J connectivity index is 0.00000121. The topological polar surface area (TPSA) is 92.1 Å². The van der Waals surface area contributed by atoms with E-state index in [0.717, 1.165) is 0 Å². The van der Waals surface area contributed by atoms with Crippen LogP contribution in [0.25, 0.3) is 0 Å². The minimum atomic E-state index is -1.06. The zero-order chi connectivity index (χ0) is 14.5. The summed E-state index contributed by atoms with van der Waals surface area (Å²) >= 11 is 0. The van der Waals surface area contributed by atoms with Crippen molar-refractivity contribution >= 4 is 11.9 Å². The van der Waals surface area contributed by atoms with E-state index < -0.39 is 18.0 Å². The molecule has 3 aliphatic rings. The Hall–Kier alpha value is -0.700. The first kappa shape index (κ1) is 16.7. The van der Waals surface area contributed by atoms with Crippen LogP contribution in [-0.4, -0.2) is 41.6 Å². The van der Waals surface area contributed by atoms with Crippen LogP contribution in [0.15, 0.2) is 12.1 Å². The minimum Gasteiger partial charge on any atom is -1.00 e. The summed E-state index contributed by atoms with van der Waals surface area (Å²) in [5, 5.41) is 19.8. The van der Waals surface area contributed by atoms with Crippen LogP contribution in [0.4, 0.5) is 10.6 Å². The smallest absolute Gasteiger partial charge is 1.00 e. The molecule has 1 aromatic rings. The summed E-state index contributed by atoms with van der Waals surface area (Å²) in [6.07, 6.45) is -0.880. The van der Waals surface area contributed by atoms with Gasteiger partial charge in [-0.15, -0.1) is 0 Å². The third kappa shape index (κ3) is 2.48. The number of hydrogen-bond acceptors (Lipinski definition) is 5. The fourth-order valence-corrected chi connectivity index (χ4v) is 3.02. The number of hydrogen-bond donors (Lipinski definition) is 2. The number of pyridine rings is 1. The molecule has 1 aromatic heterocycles. The fraction of sp³-hybridized carbons (Fsp3) is 0.538. The van der Waals surface area contributed by atoms with Gasteiger partial charge in [-0.1, -0.05) is 6.07 Å². The largest absolute Gasteiger partial charge is 1.00 e. The molecule has 8 heteroatoms. The monoisotopic (exact) mass is 304 g/mol. The molecule has 1 amide bonds. The minimum absolute atomic E-state index is 0. The van der Waals surface area contributed by atoms with Gasteiger partial charge in [0.1, 0.15) is 5.82 Å². The van der Waals surface area contributed by atoms with Crippen molar-refractivity contribution in [1.82, 2.24) is 4.98 Å². The fourth-order valence-electron chi connectivity index (χ4n) is 3.02. The van der Waals surface area contributed by atoms with Crippen LogP contribution in [0.2, 0.25) is 0 Å². The molecule has 0 aromatic carbocycles. The second kappa shape index (κ2) is 5.83. The van der Waals surface area contributed by atoms with Crippen molar-refractivity contribution in [2.24, 2.45) is 0 Å². The van der Waals surface area contributed by atoms with Crippen LogP contribution >= 0.6 is 0 Å².